The van der Waals surface area contributed by atoms with Gasteiger partial charge in [-0.05, 0) is 57.2 Å². The van der Waals surface area contributed by atoms with E-state index in [4.69, 9.17) is 9.47 Å². The summed E-state index contributed by atoms with van der Waals surface area (Å²) in [7, 11) is 0. The molecule has 28 heavy (non-hydrogen) atoms. The average molecular weight is 404 g/mol. The van der Waals surface area contributed by atoms with Gasteiger partial charge in [-0.25, -0.2) is 9.78 Å². The van der Waals surface area contributed by atoms with Crippen molar-refractivity contribution in [3.05, 3.63) is 34.8 Å². The molecule has 7 nitrogen and oxygen atoms in total. The highest BCUT2D eigenvalue weighted by atomic mass is 32.1. The van der Waals surface area contributed by atoms with Crippen molar-refractivity contribution in [2.24, 2.45) is 0 Å². The highest BCUT2D eigenvalue weighted by molar-refractivity contribution is 7.14. The zero-order valence-corrected chi connectivity index (χ0v) is 16.9. The molecule has 0 radical (unpaired) electrons. The number of esters is 1. The van der Waals surface area contributed by atoms with Crippen molar-refractivity contribution in [2.75, 3.05) is 17.2 Å². The molecule has 8 heteroatoms. The molecule has 0 aliphatic heterocycles. The normalized spacial score (nSPS) is 13.9. The standard InChI is InChI=1S/C20H25N3O4S/c1-3-26-18(24)11-14-12-28-20(21-14)23-19(25)22-16-9-8-13(2)10-17(16)27-15-6-4-5-7-15/h8-10,12,15H,3-7,11H2,1-2H3,(H2,21,22,23,25). The van der Waals surface area contributed by atoms with E-state index in [9.17, 15) is 9.59 Å². The second kappa shape index (κ2) is 9.54. The van der Waals surface area contributed by atoms with Gasteiger partial charge in [-0.1, -0.05) is 6.07 Å². The molecule has 0 bridgehead atoms. The number of urea groups is 1. The van der Waals surface area contributed by atoms with Crippen LogP contribution >= 0.6 is 11.3 Å². The summed E-state index contributed by atoms with van der Waals surface area (Å²) in [5.41, 5.74) is 2.26. The number of thiazole rings is 1. The first kappa shape index (κ1) is 20.1. The lowest BCUT2D eigenvalue weighted by molar-refractivity contribution is -0.142. The first-order valence-electron chi connectivity index (χ1n) is 9.49. The molecular weight excluding hydrogens is 378 g/mol. The Morgan fingerprint density at radius 3 is 2.79 bits per heavy atom. The fourth-order valence-electron chi connectivity index (χ4n) is 3.07. The molecule has 1 saturated carbocycles. The number of rotatable bonds is 7. The Morgan fingerprint density at radius 1 is 1.25 bits per heavy atom. The summed E-state index contributed by atoms with van der Waals surface area (Å²) in [6.45, 7) is 4.08. The van der Waals surface area contributed by atoms with Gasteiger partial charge in [0.1, 0.15) is 5.75 Å². The topological polar surface area (TPSA) is 89.5 Å². The van der Waals surface area contributed by atoms with E-state index in [2.05, 4.69) is 15.6 Å². The number of aryl methyl sites for hydroxylation is 1. The van der Waals surface area contributed by atoms with Crippen LogP contribution in [-0.4, -0.2) is 29.7 Å². The Bertz CT molecular complexity index is 831. The van der Waals surface area contributed by atoms with Crippen LogP contribution in [0.1, 0.15) is 43.9 Å². The Labute approximate surface area is 168 Å². The maximum Gasteiger partial charge on any atom is 0.325 e. The van der Waals surface area contributed by atoms with E-state index in [1.807, 2.05) is 25.1 Å². The summed E-state index contributed by atoms with van der Waals surface area (Å²) < 4.78 is 11.0. The molecular formula is C20H25N3O4S. The first-order valence-corrected chi connectivity index (χ1v) is 10.4. The number of hydrogen-bond acceptors (Lipinski definition) is 6. The molecule has 0 spiro atoms. The number of carbonyl (C=O) groups is 2. The van der Waals surface area contributed by atoms with Gasteiger partial charge in [0.15, 0.2) is 5.13 Å². The molecule has 1 heterocycles. The number of ether oxygens (including phenoxy) is 2. The van der Waals surface area contributed by atoms with Crippen molar-refractivity contribution in [3.63, 3.8) is 0 Å². The molecule has 0 unspecified atom stereocenters. The van der Waals surface area contributed by atoms with Gasteiger partial charge in [0.25, 0.3) is 0 Å². The van der Waals surface area contributed by atoms with Crippen LogP contribution in [0.15, 0.2) is 23.6 Å². The molecule has 0 atom stereocenters. The monoisotopic (exact) mass is 403 g/mol. The first-order chi connectivity index (χ1) is 13.5. The highest BCUT2D eigenvalue weighted by Crippen LogP contribution is 2.31. The zero-order valence-electron chi connectivity index (χ0n) is 16.1. The van der Waals surface area contributed by atoms with Crippen LogP contribution in [-0.2, 0) is 16.0 Å². The number of nitrogens with zero attached hydrogens (tertiary/aromatic N) is 1. The molecule has 150 valence electrons. The number of aromatic nitrogens is 1. The van der Waals surface area contributed by atoms with Crippen LogP contribution in [0, 0.1) is 6.92 Å². The molecule has 2 N–H and O–H groups in total. The third kappa shape index (κ3) is 5.69. The van der Waals surface area contributed by atoms with Crippen molar-refractivity contribution in [3.8, 4) is 5.75 Å². The number of amides is 2. The minimum atomic E-state index is -0.405. The molecule has 2 amide bonds. The summed E-state index contributed by atoms with van der Waals surface area (Å²) in [5, 5.41) is 7.68. The Morgan fingerprint density at radius 2 is 2.04 bits per heavy atom. The van der Waals surface area contributed by atoms with Gasteiger partial charge in [-0.15, -0.1) is 11.3 Å². The number of hydrogen-bond donors (Lipinski definition) is 2. The molecule has 1 aliphatic carbocycles. The smallest absolute Gasteiger partial charge is 0.325 e. The van der Waals surface area contributed by atoms with E-state index in [0.717, 1.165) is 18.4 Å². The fourth-order valence-corrected chi connectivity index (χ4v) is 3.78. The van der Waals surface area contributed by atoms with E-state index >= 15 is 0 Å². The average Bonchev–Trinajstić information content (AvgIpc) is 3.30. The van der Waals surface area contributed by atoms with Crippen LogP contribution in [0.4, 0.5) is 15.6 Å². The van der Waals surface area contributed by atoms with Crippen LogP contribution in [0.25, 0.3) is 0 Å². The molecule has 3 rings (SSSR count). The van der Waals surface area contributed by atoms with Crippen molar-refractivity contribution < 1.29 is 19.1 Å². The Hall–Kier alpha value is -2.61. The van der Waals surface area contributed by atoms with E-state index in [0.29, 0.717) is 28.9 Å². The van der Waals surface area contributed by atoms with E-state index < -0.39 is 6.03 Å². The van der Waals surface area contributed by atoms with E-state index in [1.54, 1.807) is 12.3 Å². The number of benzene rings is 1. The Kier molecular flexibility index (Phi) is 6.86. The summed E-state index contributed by atoms with van der Waals surface area (Å²) in [6, 6.07) is 5.30. The minimum absolute atomic E-state index is 0.0883. The van der Waals surface area contributed by atoms with Crippen molar-refractivity contribution in [1.82, 2.24) is 4.98 Å². The second-order valence-corrected chi connectivity index (χ2v) is 7.59. The van der Waals surface area contributed by atoms with Crippen LogP contribution < -0.4 is 15.4 Å². The van der Waals surface area contributed by atoms with Gasteiger partial charge >= 0.3 is 12.0 Å². The predicted molar refractivity (Wildman–Crippen MR) is 109 cm³/mol. The third-order valence-corrected chi connectivity index (χ3v) is 5.19. The summed E-state index contributed by atoms with van der Waals surface area (Å²) in [6.07, 6.45) is 4.74. The lowest BCUT2D eigenvalue weighted by Gasteiger charge is -2.17. The molecule has 1 aliphatic rings. The molecule has 1 aromatic carbocycles. The maximum absolute atomic E-state index is 12.4. The lowest BCUT2D eigenvalue weighted by Crippen LogP contribution is -2.21. The van der Waals surface area contributed by atoms with E-state index in [1.165, 1.54) is 24.2 Å². The molecule has 2 aromatic rings. The quantitative estimate of drug-likeness (QED) is 0.663. The SMILES string of the molecule is CCOC(=O)Cc1csc(NC(=O)Nc2ccc(C)cc2OC2CCCC2)n1. The summed E-state index contributed by atoms with van der Waals surface area (Å²) >= 11 is 1.26. The number of nitrogens with one attached hydrogen (secondary N) is 2. The minimum Gasteiger partial charge on any atom is -0.488 e. The van der Waals surface area contributed by atoms with Gasteiger partial charge in [-0.2, -0.15) is 0 Å². The second-order valence-electron chi connectivity index (χ2n) is 6.73. The number of carbonyl (C=O) groups excluding carboxylic acids is 2. The molecule has 1 aromatic heterocycles. The van der Waals surface area contributed by atoms with E-state index in [-0.39, 0.29) is 18.5 Å². The van der Waals surface area contributed by atoms with Crippen molar-refractivity contribution >= 4 is 34.2 Å². The molecule has 1 fully saturated rings. The Balaban J connectivity index is 1.60. The summed E-state index contributed by atoms with van der Waals surface area (Å²) in [5.74, 6) is 0.348. The van der Waals surface area contributed by atoms with Gasteiger partial charge in [0.2, 0.25) is 0 Å². The van der Waals surface area contributed by atoms with Crippen LogP contribution in [0.2, 0.25) is 0 Å². The zero-order chi connectivity index (χ0) is 19.9. The van der Waals surface area contributed by atoms with Crippen LogP contribution in [0.3, 0.4) is 0 Å². The maximum atomic E-state index is 12.4. The third-order valence-electron chi connectivity index (χ3n) is 4.38. The largest absolute Gasteiger partial charge is 0.488 e. The lowest BCUT2D eigenvalue weighted by atomic mass is 10.2. The number of anilines is 2. The van der Waals surface area contributed by atoms with Gasteiger partial charge in [0.05, 0.1) is 30.5 Å². The van der Waals surface area contributed by atoms with Crippen molar-refractivity contribution in [2.45, 2.75) is 52.1 Å². The van der Waals surface area contributed by atoms with Crippen LogP contribution in [0.5, 0.6) is 5.75 Å². The highest BCUT2D eigenvalue weighted by Gasteiger charge is 2.19. The fraction of sp³-hybridized carbons (Fsp3) is 0.450. The van der Waals surface area contributed by atoms with Gasteiger partial charge in [0, 0.05) is 5.38 Å². The summed E-state index contributed by atoms with van der Waals surface area (Å²) in [4.78, 5) is 28.2. The predicted octanol–water partition coefficient (Wildman–Crippen LogP) is 4.52. The molecule has 0 saturated heterocycles. The van der Waals surface area contributed by atoms with Crippen molar-refractivity contribution in [1.29, 1.82) is 0 Å². The van der Waals surface area contributed by atoms with Gasteiger partial charge < -0.3 is 14.8 Å². The van der Waals surface area contributed by atoms with Gasteiger partial charge in [-0.3, -0.25) is 10.1 Å².